The fourth-order valence-corrected chi connectivity index (χ4v) is 3.11. The molecule has 182 valence electrons. The zero-order valence-corrected chi connectivity index (χ0v) is 20.2. The zero-order chi connectivity index (χ0) is 24.2. The van der Waals surface area contributed by atoms with Crippen LogP contribution in [0.5, 0.6) is 11.5 Å². The molecule has 0 fully saturated rings. The molecule has 33 heavy (non-hydrogen) atoms. The standard InChI is InChI=1S/C28H41NO4/c1-3-4-14-17-25(30)18-15-12-10-8-6-5-7-9-11-13-16-19-28(32)29-23-24-20-21-26(31)27(22-24)33-2/h5-6,9-12,15,18,20-22,25,30-31H,3-4,7-8,13-14,16-17,19,23H2,1-2H3,(H,29,32)/b6-5-,11-9-,12-10-,18-15+/t25-/m0/s1. The molecule has 0 aliphatic rings. The van der Waals surface area contributed by atoms with Crippen LogP contribution in [0.15, 0.2) is 66.8 Å². The first kappa shape index (κ1) is 28.2. The number of phenolic OH excluding ortho intramolecular Hbond substituents is 1. The lowest BCUT2D eigenvalue weighted by atomic mass is 10.1. The molecule has 0 unspecified atom stereocenters. The first-order chi connectivity index (χ1) is 16.1. The van der Waals surface area contributed by atoms with E-state index < -0.39 is 0 Å². The van der Waals surface area contributed by atoms with Crippen molar-refractivity contribution in [1.82, 2.24) is 5.32 Å². The summed E-state index contributed by atoms with van der Waals surface area (Å²) in [6.45, 7) is 2.58. The van der Waals surface area contributed by atoms with Gasteiger partial charge < -0.3 is 20.3 Å². The van der Waals surface area contributed by atoms with E-state index in [0.29, 0.717) is 18.7 Å². The SMILES string of the molecule is CCCCC[C@H](O)/C=C/C=C\C/C=C\C/C=C\CCCC(=O)NCc1ccc(O)c(OC)c1. The number of hydrogen-bond donors (Lipinski definition) is 3. The molecule has 0 bridgehead atoms. The third-order valence-corrected chi connectivity index (χ3v) is 5.07. The zero-order valence-electron chi connectivity index (χ0n) is 20.2. The van der Waals surface area contributed by atoms with E-state index >= 15 is 0 Å². The van der Waals surface area contributed by atoms with Gasteiger partial charge in [-0.2, -0.15) is 0 Å². The van der Waals surface area contributed by atoms with Gasteiger partial charge in [0.2, 0.25) is 5.91 Å². The van der Waals surface area contributed by atoms with E-state index in [-0.39, 0.29) is 17.8 Å². The Morgan fingerprint density at radius 3 is 2.58 bits per heavy atom. The fourth-order valence-electron chi connectivity index (χ4n) is 3.11. The molecule has 0 radical (unpaired) electrons. The Morgan fingerprint density at radius 1 is 1.06 bits per heavy atom. The normalized spacial score (nSPS) is 12.9. The lowest BCUT2D eigenvalue weighted by Gasteiger charge is -2.08. The molecule has 1 aromatic carbocycles. The molecule has 1 aromatic rings. The van der Waals surface area contributed by atoms with Gasteiger partial charge in [-0.15, -0.1) is 0 Å². The summed E-state index contributed by atoms with van der Waals surface area (Å²) in [5, 5.41) is 22.3. The Morgan fingerprint density at radius 2 is 1.82 bits per heavy atom. The van der Waals surface area contributed by atoms with Crippen LogP contribution in [0.4, 0.5) is 0 Å². The highest BCUT2D eigenvalue weighted by Crippen LogP contribution is 2.26. The quantitative estimate of drug-likeness (QED) is 0.150. The van der Waals surface area contributed by atoms with Crippen LogP contribution in [0.2, 0.25) is 0 Å². The minimum Gasteiger partial charge on any atom is -0.504 e. The molecule has 5 nitrogen and oxygen atoms in total. The van der Waals surface area contributed by atoms with E-state index in [9.17, 15) is 15.0 Å². The number of aromatic hydroxyl groups is 1. The molecule has 3 N–H and O–H groups in total. The number of hydrogen-bond acceptors (Lipinski definition) is 4. The van der Waals surface area contributed by atoms with Crippen LogP contribution in [-0.2, 0) is 11.3 Å². The van der Waals surface area contributed by atoms with Crippen LogP contribution in [-0.4, -0.2) is 29.3 Å². The molecule has 1 rings (SSSR count). The molecule has 5 heteroatoms. The molecule has 1 amide bonds. The van der Waals surface area contributed by atoms with Crippen LogP contribution in [0.25, 0.3) is 0 Å². The number of methoxy groups -OCH3 is 1. The smallest absolute Gasteiger partial charge is 0.220 e. The van der Waals surface area contributed by atoms with Crippen molar-refractivity contribution >= 4 is 5.91 Å². The number of nitrogens with one attached hydrogen (secondary N) is 1. The van der Waals surface area contributed by atoms with Crippen molar-refractivity contribution in [2.24, 2.45) is 0 Å². The first-order valence-electron chi connectivity index (χ1n) is 12.0. The van der Waals surface area contributed by atoms with Gasteiger partial charge in [0, 0.05) is 13.0 Å². The number of allylic oxidation sites excluding steroid dienone is 7. The number of rotatable bonds is 17. The number of amides is 1. The molecular weight excluding hydrogens is 414 g/mol. The minimum atomic E-state index is -0.337. The maximum atomic E-state index is 12.0. The van der Waals surface area contributed by atoms with E-state index in [2.05, 4.69) is 42.6 Å². The van der Waals surface area contributed by atoms with E-state index in [1.165, 1.54) is 20.0 Å². The summed E-state index contributed by atoms with van der Waals surface area (Å²) in [5.74, 6) is 0.513. The van der Waals surface area contributed by atoms with Crippen molar-refractivity contribution in [3.05, 3.63) is 72.4 Å². The molecule has 0 aliphatic heterocycles. The second kappa shape index (κ2) is 18.8. The third kappa shape index (κ3) is 14.8. The number of benzene rings is 1. The number of aliphatic hydroxyl groups is 1. The summed E-state index contributed by atoms with van der Waals surface area (Å²) >= 11 is 0. The summed E-state index contributed by atoms with van der Waals surface area (Å²) in [5.41, 5.74) is 0.885. The Bertz CT molecular complexity index is 780. The Kier molecular flexibility index (Phi) is 16.0. The molecular formula is C28H41NO4. The van der Waals surface area contributed by atoms with Gasteiger partial charge >= 0.3 is 0 Å². The number of carbonyl (C=O) groups is 1. The Balaban J connectivity index is 2.07. The van der Waals surface area contributed by atoms with Gasteiger partial charge in [0.25, 0.3) is 0 Å². The summed E-state index contributed by atoms with van der Waals surface area (Å²) in [6, 6.07) is 5.05. The van der Waals surface area contributed by atoms with Crippen molar-refractivity contribution < 1.29 is 19.7 Å². The topological polar surface area (TPSA) is 78.8 Å². The number of phenols is 1. The number of aliphatic hydroxyl groups excluding tert-OH is 1. The first-order valence-corrected chi connectivity index (χ1v) is 12.0. The lowest BCUT2D eigenvalue weighted by molar-refractivity contribution is -0.121. The largest absolute Gasteiger partial charge is 0.504 e. The van der Waals surface area contributed by atoms with Crippen molar-refractivity contribution in [3.8, 4) is 11.5 Å². The van der Waals surface area contributed by atoms with E-state index in [4.69, 9.17) is 4.74 Å². The van der Waals surface area contributed by atoms with E-state index in [1.807, 2.05) is 18.2 Å². The van der Waals surface area contributed by atoms with Crippen LogP contribution in [0.1, 0.15) is 70.3 Å². The molecule has 1 atom stereocenters. The predicted molar refractivity (Wildman–Crippen MR) is 136 cm³/mol. The van der Waals surface area contributed by atoms with Gasteiger partial charge in [0.1, 0.15) is 0 Å². The van der Waals surface area contributed by atoms with E-state index in [0.717, 1.165) is 44.1 Å². The van der Waals surface area contributed by atoms with Crippen LogP contribution < -0.4 is 10.1 Å². The van der Waals surface area contributed by atoms with Crippen LogP contribution >= 0.6 is 0 Å². The fraction of sp³-hybridized carbons (Fsp3) is 0.464. The number of ether oxygens (including phenoxy) is 1. The second-order valence-electron chi connectivity index (χ2n) is 7.97. The maximum Gasteiger partial charge on any atom is 0.220 e. The predicted octanol–water partition coefficient (Wildman–Crippen LogP) is 6.13. The summed E-state index contributed by atoms with van der Waals surface area (Å²) < 4.78 is 5.07. The van der Waals surface area contributed by atoms with Crippen LogP contribution in [0, 0.1) is 0 Å². The molecule has 0 spiro atoms. The van der Waals surface area contributed by atoms with Gasteiger partial charge in [-0.25, -0.2) is 0 Å². The second-order valence-corrected chi connectivity index (χ2v) is 7.97. The van der Waals surface area contributed by atoms with Crippen molar-refractivity contribution in [3.63, 3.8) is 0 Å². The number of unbranched alkanes of at least 4 members (excludes halogenated alkanes) is 3. The highest BCUT2D eigenvalue weighted by molar-refractivity contribution is 5.75. The monoisotopic (exact) mass is 455 g/mol. The van der Waals surface area contributed by atoms with Crippen LogP contribution in [0.3, 0.4) is 0 Å². The molecule has 0 saturated heterocycles. The average molecular weight is 456 g/mol. The summed E-state index contributed by atoms with van der Waals surface area (Å²) in [6.07, 6.45) is 24.2. The maximum absolute atomic E-state index is 12.0. The highest BCUT2D eigenvalue weighted by atomic mass is 16.5. The molecule has 0 heterocycles. The van der Waals surface area contributed by atoms with Crippen molar-refractivity contribution in [1.29, 1.82) is 0 Å². The Labute approximate surface area is 199 Å². The Hall–Kier alpha value is -2.79. The van der Waals surface area contributed by atoms with Gasteiger partial charge in [0.15, 0.2) is 11.5 Å². The van der Waals surface area contributed by atoms with Gasteiger partial charge in [-0.3, -0.25) is 4.79 Å². The average Bonchev–Trinajstić information content (AvgIpc) is 2.81. The highest BCUT2D eigenvalue weighted by Gasteiger charge is 2.04. The molecule has 0 aromatic heterocycles. The van der Waals surface area contributed by atoms with Gasteiger partial charge in [-0.1, -0.05) is 80.9 Å². The summed E-state index contributed by atoms with van der Waals surface area (Å²) in [7, 11) is 1.50. The van der Waals surface area contributed by atoms with Gasteiger partial charge in [0.05, 0.1) is 13.2 Å². The number of carbonyl (C=O) groups excluding carboxylic acids is 1. The third-order valence-electron chi connectivity index (χ3n) is 5.07. The molecule has 0 saturated carbocycles. The molecule has 0 aliphatic carbocycles. The minimum absolute atomic E-state index is 0.0182. The van der Waals surface area contributed by atoms with E-state index in [1.54, 1.807) is 18.2 Å². The lowest BCUT2D eigenvalue weighted by Crippen LogP contribution is -2.22. The van der Waals surface area contributed by atoms with Crippen molar-refractivity contribution in [2.75, 3.05) is 7.11 Å². The van der Waals surface area contributed by atoms with Gasteiger partial charge in [-0.05, 0) is 49.8 Å². The van der Waals surface area contributed by atoms with Crippen molar-refractivity contribution in [2.45, 2.75) is 77.4 Å². The summed E-state index contributed by atoms with van der Waals surface area (Å²) in [4.78, 5) is 12.0.